The lowest BCUT2D eigenvalue weighted by Gasteiger charge is -2.18. The fraction of sp³-hybridized carbons (Fsp3) is 0.333. The first-order chi connectivity index (χ1) is 13.1. The first-order valence-corrected chi connectivity index (χ1v) is 9.10. The van der Waals surface area contributed by atoms with Crippen LogP contribution in [0.5, 0.6) is 0 Å². The van der Waals surface area contributed by atoms with E-state index < -0.39 is 0 Å². The molecule has 0 fully saturated rings. The summed E-state index contributed by atoms with van der Waals surface area (Å²) in [5.74, 6) is -0.147. The smallest absolute Gasteiger partial charge is 0.258 e. The van der Waals surface area contributed by atoms with Crippen molar-refractivity contribution in [3.63, 3.8) is 0 Å². The van der Waals surface area contributed by atoms with E-state index in [0.29, 0.717) is 18.7 Å². The van der Waals surface area contributed by atoms with Gasteiger partial charge in [0.15, 0.2) is 0 Å². The summed E-state index contributed by atoms with van der Waals surface area (Å²) in [6, 6.07) is 15.2. The number of fused-ring (bicyclic) bond motifs is 1. The third-order valence-electron chi connectivity index (χ3n) is 4.52. The van der Waals surface area contributed by atoms with Gasteiger partial charge in [-0.05, 0) is 43.2 Å². The van der Waals surface area contributed by atoms with Gasteiger partial charge in [-0.25, -0.2) is 0 Å². The van der Waals surface area contributed by atoms with E-state index in [1.165, 1.54) is 5.56 Å². The van der Waals surface area contributed by atoms with Crippen molar-refractivity contribution < 1.29 is 14.3 Å². The molecule has 0 radical (unpaired) electrons. The van der Waals surface area contributed by atoms with E-state index >= 15 is 0 Å². The minimum absolute atomic E-state index is 0.0261. The first-order valence-electron chi connectivity index (χ1n) is 9.10. The number of carbonyl (C=O) groups is 2. The van der Waals surface area contributed by atoms with E-state index in [-0.39, 0.29) is 24.4 Å². The number of nitrogens with zero attached hydrogens (tertiary/aromatic N) is 1. The highest BCUT2D eigenvalue weighted by Crippen LogP contribution is 2.29. The van der Waals surface area contributed by atoms with Gasteiger partial charge in [0.1, 0.15) is 0 Å². The van der Waals surface area contributed by atoms with Crippen LogP contribution in [-0.4, -0.2) is 44.7 Å². The zero-order valence-electron chi connectivity index (χ0n) is 15.7. The third-order valence-corrected chi connectivity index (χ3v) is 4.52. The third kappa shape index (κ3) is 4.65. The van der Waals surface area contributed by atoms with Gasteiger partial charge in [0, 0.05) is 36.6 Å². The lowest BCUT2D eigenvalue weighted by molar-refractivity contribution is -0.120. The highest BCUT2D eigenvalue weighted by atomic mass is 16.5. The molecule has 0 saturated carbocycles. The number of anilines is 2. The van der Waals surface area contributed by atoms with Crippen molar-refractivity contribution in [2.24, 2.45) is 0 Å². The van der Waals surface area contributed by atoms with E-state index in [1.807, 2.05) is 42.2 Å². The van der Waals surface area contributed by atoms with E-state index in [4.69, 9.17) is 4.74 Å². The molecule has 1 aliphatic rings. The van der Waals surface area contributed by atoms with Crippen LogP contribution in [0, 0.1) is 0 Å². The fourth-order valence-corrected chi connectivity index (χ4v) is 3.27. The number of para-hydroxylation sites is 1. The van der Waals surface area contributed by atoms with Gasteiger partial charge in [0.25, 0.3) is 5.91 Å². The molecule has 0 unspecified atom stereocenters. The Kier molecular flexibility index (Phi) is 6.08. The number of amides is 2. The number of methoxy groups -OCH3 is 1. The lowest BCUT2D eigenvalue weighted by atomic mass is 10.1. The molecule has 0 saturated heterocycles. The summed E-state index contributed by atoms with van der Waals surface area (Å²) >= 11 is 0. The van der Waals surface area contributed by atoms with Gasteiger partial charge in [-0.15, -0.1) is 0 Å². The fourth-order valence-electron chi connectivity index (χ4n) is 3.27. The van der Waals surface area contributed by atoms with Crippen LogP contribution in [0.25, 0.3) is 0 Å². The molecule has 142 valence electrons. The standard InChI is InChI=1S/C21H25N3O3/c1-15(14-27-2)23-20(25)13-22-18-8-5-7-17(12-18)21(26)24-11-10-16-6-3-4-9-19(16)24/h3-9,12,15,22H,10-11,13-14H2,1-2H3,(H,23,25)/t15-/m1/s1. The van der Waals surface area contributed by atoms with Gasteiger partial charge < -0.3 is 20.3 Å². The average molecular weight is 367 g/mol. The molecule has 1 heterocycles. The van der Waals surface area contributed by atoms with Crippen molar-refractivity contribution in [3.05, 3.63) is 59.7 Å². The van der Waals surface area contributed by atoms with Crippen LogP contribution >= 0.6 is 0 Å². The van der Waals surface area contributed by atoms with Gasteiger partial charge >= 0.3 is 0 Å². The Hall–Kier alpha value is -2.86. The number of carbonyl (C=O) groups excluding carboxylic acids is 2. The van der Waals surface area contributed by atoms with Crippen molar-refractivity contribution in [1.29, 1.82) is 0 Å². The summed E-state index contributed by atoms with van der Waals surface area (Å²) in [4.78, 5) is 26.7. The Balaban J connectivity index is 1.62. The Morgan fingerprint density at radius 2 is 2.00 bits per heavy atom. The van der Waals surface area contributed by atoms with Crippen LogP contribution < -0.4 is 15.5 Å². The maximum absolute atomic E-state index is 12.9. The Morgan fingerprint density at radius 1 is 1.19 bits per heavy atom. The summed E-state index contributed by atoms with van der Waals surface area (Å²) < 4.78 is 5.01. The van der Waals surface area contributed by atoms with Crippen molar-refractivity contribution in [3.8, 4) is 0 Å². The number of nitrogens with one attached hydrogen (secondary N) is 2. The molecule has 0 bridgehead atoms. The topological polar surface area (TPSA) is 70.7 Å². The predicted octanol–water partition coefficient (Wildman–Crippen LogP) is 2.45. The number of benzene rings is 2. The Labute approximate surface area is 159 Å². The molecular weight excluding hydrogens is 342 g/mol. The van der Waals surface area contributed by atoms with E-state index in [0.717, 1.165) is 17.8 Å². The lowest BCUT2D eigenvalue weighted by Crippen LogP contribution is -2.39. The van der Waals surface area contributed by atoms with Crippen molar-refractivity contribution in [2.45, 2.75) is 19.4 Å². The molecule has 27 heavy (non-hydrogen) atoms. The SMILES string of the molecule is COC[C@@H](C)NC(=O)CNc1cccc(C(=O)N2CCc3ccccc32)c1. The minimum Gasteiger partial charge on any atom is -0.383 e. The molecule has 0 aromatic heterocycles. The van der Waals surface area contributed by atoms with E-state index in [9.17, 15) is 9.59 Å². The minimum atomic E-state index is -0.121. The largest absolute Gasteiger partial charge is 0.383 e. The zero-order valence-corrected chi connectivity index (χ0v) is 15.7. The van der Waals surface area contributed by atoms with Crippen LogP contribution in [0.2, 0.25) is 0 Å². The summed E-state index contributed by atoms with van der Waals surface area (Å²) in [6.07, 6.45) is 0.875. The van der Waals surface area contributed by atoms with Gasteiger partial charge in [0.05, 0.1) is 13.2 Å². The first kappa shape index (κ1) is 18.9. The summed E-state index contributed by atoms with van der Waals surface area (Å²) in [7, 11) is 1.60. The molecule has 2 amide bonds. The van der Waals surface area contributed by atoms with Crippen LogP contribution in [0.4, 0.5) is 11.4 Å². The second-order valence-electron chi connectivity index (χ2n) is 6.69. The maximum atomic E-state index is 12.9. The molecule has 0 aliphatic carbocycles. The second kappa shape index (κ2) is 8.68. The maximum Gasteiger partial charge on any atom is 0.258 e. The highest BCUT2D eigenvalue weighted by Gasteiger charge is 2.25. The number of ether oxygens (including phenoxy) is 1. The van der Waals surface area contributed by atoms with Gasteiger partial charge in [-0.1, -0.05) is 24.3 Å². The summed E-state index contributed by atoms with van der Waals surface area (Å²) in [5, 5.41) is 5.92. The Bertz CT molecular complexity index is 822. The normalized spacial score (nSPS) is 13.8. The average Bonchev–Trinajstić information content (AvgIpc) is 3.10. The van der Waals surface area contributed by atoms with E-state index in [1.54, 1.807) is 19.2 Å². The van der Waals surface area contributed by atoms with E-state index in [2.05, 4.69) is 16.7 Å². The van der Waals surface area contributed by atoms with Crippen molar-refractivity contribution >= 4 is 23.2 Å². The van der Waals surface area contributed by atoms with Crippen molar-refractivity contribution in [2.75, 3.05) is 37.0 Å². The number of hydrogen-bond acceptors (Lipinski definition) is 4. The van der Waals surface area contributed by atoms with Crippen LogP contribution in [0.15, 0.2) is 48.5 Å². The zero-order chi connectivity index (χ0) is 19.2. The van der Waals surface area contributed by atoms with Gasteiger partial charge in [0.2, 0.25) is 5.91 Å². The molecule has 1 aliphatic heterocycles. The van der Waals surface area contributed by atoms with Crippen LogP contribution in [0.3, 0.4) is 0 Å². The second-order valence-corrected chi connectivity index (χ2v) is 6.69. The molecule has 6 nitrogen and oxygen atoms in total. The molecule has 2 N–H and O–H groups in total. The quantitative estimate of drug-likeness (QED) is 0.789. The molecule has 0 spiro atoms. The predicted molar refractivity (Wildman–Crippen MR) is 106 cm³/mol. The highest BCUT2D eigenvalue weighted by molar-refractivity contribution is 6.07. The van der Waals surface area contributed by atoms with Crippen LogP contribution in [0.1, 0.15) is 22.8 Å². The summed E-state index contributed by atoms with van der Waals surface area (Å²) in [5.41, 5.74) is 3.52. The molecule has 1 atom stereocenters. The molecule has 2 aromatic carbocycles. The van der Waals surface area contributed by atoms with Crippen molar-refractivity contribution in [1.82, 2.24) is 5.32 Å². The van der Waals surface area contributed by atoms with Crippen LogP contribution in [-0.2, 0) is 16.0 Å². The molecule has 2 aromatic rings. The summed E-state index contributed by atoms with van der Waals surface area (Å²) in [6.45, 7) is 3.18. The molecule has 3 rings (SSSR count). The van der Waals surface area contributed by atoms with Gasteiger partial charge in [-0.3, -0.25) is 9.59 Å². The monoisotopic (exact) mass is 367 g/mol. The molecule has 6 heteroatoms. The van der Waals surface area contributed by atoms with Gasteiger partial charge in [-0.2, -0.15) is 0 Å². The molecular formula is C21H25N3O3. The Morgan fingerprint density at radius 3 is 2.81 bits per heavy atom. The number of hydrogen-bond donors (Lipinski definition) is 2. The number of rotatable bonds is 7.